The Balaban J connectivity index is 2.26. The first-order valence-corrected chi connectivity index (χ1v) is 8.23. The average molecular weight is 305 g/mol. The third-order valence-corrected chi connectivity index (χ3v) is 4.90. The van der Waals surface area contributed by atoms with Crippen LogP contribution in [0.2, 0.25) is 0 Å². The molecule has 0 amide bonds. The molecule has 4 heteroatoms. The van der Waals surface area contributed by atoms with E-state index < -0.39 is 0 Å². The van der Waals surface area contributed by atoms with Gasteiger partial charge in [0.15, 0.2) is 0 Å². The van der Waals surface area contributed by atoms with Crippen LogP contribution >= 0.6 is 22.9 Å². The maximum atomic E-state index is 6.14. The molecular formula is C16H17ClN2S. The Hall–Kier alpha value is -1.32. The van der Waals surface area contributed by atoms with Crippen molar-refractivity contribution in [1.82, 2.24) is 9.55 Å². The maximum absolute atomic E-state index is 6.14. The molecule has 1 atom stereocenters. The highest BCUT2D eigenvalue weighted by molar-refractivity contribution is 7.10. The molecule has 0 aliphatic heterocycles. The first-order valence-electron chi connectivity index (χ1n) is 6.82. The van der Waals surface area contributed by atoms with Crippen molar-refractivity contribution >= 4 is 34.0 Å². The van der Waals surface area contributed by atoms with Gasteiger partial charge in [0, 0.05) is 4.88 Å². The number of thiophene rings is 1. The molecule has 1 unspecified atom stereocenters. The van der Waals surface area contributed by atoms with Crippen LogP contribution in [-0.4, -0.2) is 9.55 Å². The molecule has 0 aliphatic carbocycles. The van der Waals surface area contributed by atoms with Gasteiger partial charge >= 0.3 is 0 Å². The average Bonchev–Trinajstić information content (AvgIpc) is 3.09. The number of rotatable bonds is 4. The summed E-state index contributed by atoms with van der Waals surface area (Å²) in [6.07, 6.45) is 1.03. The number of aromatic nitrogens is 2. The monoisotopic (exact) mass is 304 g/mol. The molecule has 20 heavy (non-hydrogen) atoms. The summed E-state index contributed by atoms with van der Waals surface area (Å²) in [4.78, 5) is 6.11. The van der Waals surface area contributed by atoms with Gasteiger partial charge in [-0.25, -0.2) is 4.98 Å². The Bertz CT molecular complexity index is 715. The van der Waals surface area contributed by atoms with Crippen LogP contribution in [0.15, 0.2) is 35.7 Å². The fraction of sp³-hybridized carbons (Fsp3) is 0.312. The first kappa shape index (κ1) is 13.7. The van der Waals surface area contributed by atoms with Crippen molar-refractivity contribution in [3.05, 3.63) is 52.0 Å². The highest BCUT2D eigenvalue weighted by Gasteiger charge is 2.20. The summed E-state index contributed by atoms with van der Waals surface area (Å²) in [5.41, 5.74) is 3.45. The normalized spacial score (nSPS) is 12.9. The first-order chi connectivity index (χ1) is 9.76. The highest BCUT2D eigenvalue weighted by Crippen LogP contribution is 2.32. The van der Waals surface area contributed by atoms with Crippen LogP contribution in [0, 0.1) is 6.92 Å². The van der Waals surface area contributed by atoms with Crippen molar-refractivity contribution in [2.24, 2.45) is 0 Å². The van der Waals surface area contributed by atoms with Crippen LogP contribution in [0.25, 0.3) is 11.0 Å². The van der Waals surface area contributed by atoms with Gasteiger partial charge < -0.3 is 4.57 Å². The molecule has 0 radical (unpaired) electrons. The van der Waals surface area contributed by atoms with Crippen molar-refractivity contribution in [3.63, 3.8) is 0 Å². The number of imidazole rings is 1. The molecule has 0 aliphatic rings. The fourth-order valence-corrected chi connectivity index (χ4v) is 3.83. The quantitative estimate of drug-likeness (QED) is 0.610. The van der Waals surface area contributed by atoms with E-state index in [9.17, 15) is 0 Å². The molecule has 1 aromatic carbocycles. The number of hydrogen-bond donors (Lipinski definition) is 0. The van der Waals surface area contributed by atoms with Gasteiger partial charge in [-0.3, -0.25) is 0 Å². The molecule has 0 saturated carbocycles. The predicted octanol–water partition coefficient (Wildman–Crippen LogP) is 5.14. The van der Waals surface area contributed by atoms with Crippen molar-refractivity contribution in [3.8, 4) is 0 Å². The molecule has 104 valence electrons. The van der Waals surface area contributed by atoms with Gasteiger partial charge in [-0.15, -0.1) is 22.9 Å². The SMILES string of the molecule is CCC(c1cccs1)n1c(CCl)nc2c(C)cccc21. The third kappa shape index (κ3) is 2.15. The van der Waals surface area contributed by atoms with Gasteiger partial charge in [-0.05, 0) is 36.4 Å². The van der Waals surface area contributed by atoms with Gasteiger partial charge in [0.1, 0.15) is 5.82 Å². The van der Waals surface area contributed by atoms with Crippen molar-refractivity contribution in [2.75, 3.05) is 0 Å². The van der Waals surface area contributed by atoms with Crippen LogP contribution < -0.4 is 0 Å². The van der Waals surface area contributed by atoms with Crippen molar-refractivity contribution in [2.45, 2.75) is 32.2 Å². The summed E-state index contributed by atoms with van der Waals surface area (Å²) in [6.45, 7) is 4.31. The van der Waals surface area contributed by atoms with Crippen molar-refractivity contribution in [1.29, 1.82) is 0 Å². The lowest BCUT2D eigenvalue weighted by Crippen LogP contribution is -2.11. The molecule has 3 aromatic rings. The smallest absolute Gasteiger partial charge is 0.125 e. The second-order valence-corrected chi connectivity index (χ2v) is 6.16. The van der Waals surface area contributed by atoms with Crippen LogP contribution in [-0.2, 0) is 5.88 Å². The molecule has 0 fully saturated rings. The fourth-order valence-electron chi connectivity index (χ4n) is 2.74. The van der Waals surface area contributed by atoms with E-state index >= 15 is 0 Å². The highest BCUT2D eigenvalue weighted by atomic mass is 35.5. The van der Waals surface area contributed by atoms with Crippen LogP contribution in [0.3, 0.4) is 0 Å². The van der Waals surface area contributed by atoms with Gasteiger partial charge in [0.25, 0.3) is 0 Å². The minimum atomic E-state index is 0.315. The minimum absolute atomic E-state index is 0.315. The predicted molar refractivity (Wildman–Crippen MR) is 86.8 cm³/mol. The topological polar surface area (TPSA) is 17.8 Å². The molecule has 0 bridgehead atoms. The lowest BCUT2D eigenvalue weighted by molar-refractivity contribution is 0.574. The van der Waals surface area contributed by atoms with Crippen LogP contribution in [0.1, 0.15) is 35.7 Å². The summed E-state index contributed by atoms with van der Waals surface area (Å²) in [5.74, 6) is 1.40. The molecule has 0 saturated heterocycles. The molecular weight excluding hydrogens is 288 g/mol. The number of alkyl halides is 1. The van der Waals surface area contributed by atoms with Gasteiger partial charge in [0.05, 0.1) is 23.0 Å². The van der Waals surface area contributed by atoms with Gasteiger partial charge in [-0.2, -0.15) is 0 Å². The zero-order chi connectivity index (χ0) is 14.1. The Labute approximate surface area is 128 Å². The molecule has 0 spiro atoms. The van der Waals surface area contributed by atoms with E-state index in [2.05, 4.69) is 54.1 Å². The van der Waals surface area contributed by atoms with E-state index in [0.717, 1.165) is 17.8 Å². The standard InChI is InChI=1S/C16H17ClN2S/c1-3-12(14-8-5-9-20-14)19-13-7-4-6-11(2)16(13)18-15(19)10-17/h4-9,12H,3,10H2,1-2H3. The molecule has 2 heterocycles. The summed E-state index contributed by atoms with van der Waals surface area (Å²) in [5, 5.41) is 2.13. The number of halogens is 1. The zero-order valence-electron chi connectivity index (χ0n) is 11.6. The number of benzene rings is 1. The Morgan fingerprint density at radius 3 is 2.80 bits per heavy atom. The number of fused-ring (bicyclic) bond motifs is 1. The van der Waals surface area contributed by atoms with Gasteiger partial charge in [-0.1, -0.05) is 25.1 Å². The lowest BCUT2D eigenvalue weighted by atomic mass is 10.1. The molecule has 2 nitrogen and oxygen atoms in total. The second kappa shape index (κ2) is 5.58. The summed E-state index contributed by atoms with van der Waals surface area (Å²) in [6, 6.07) is 10.9. The summed E-state index contributed by atoms with van der Waals surface area (Å²) >= 11 is 7.93. The van der Waals surface area contributed by atoms with Crippen molar-refractivity contribution < 1.29 is 0 Å². The van der Waals surface area contributed by atoms with Gasteiger partial charge in [0.2, 0.25) is 0 Å². The van der Waals surface area contributed by atoms with E-state index in [4.69, 9.17) is 16.6 Å². The van der Waals surface area contributed by atoms with Crippen LogP contribution in [0.4, 0.5) is 0 Å². The molecule has 2 aromatic heterocycles. The number of aryl methyl sites for hydroxylation is 1. The van der Waals surface area contributed by atoms with E-state index in [1.807, 2.05) is 0 Å². The lowest BCUT2D eigenvalue weighted by Gasteiger charge is -2.18. The van der Waals surface area contributed by atoms with E-state index in [0.29, 0.717) is 11.9 Å². The summed E-state index contributed by atoms with van der Waals surface area (Å²) < 4.78 is 2.31. The van der Waals surface area contributed by atoms with E-state index in [1.54, 1.807) is 11.3 Å². The Morgan fingerprint density at radius 1 is 1.30 bits per heavy atom. The van der Waals surface area contributed by atoms with E-state index in [-0.39, 0.29) is 0 Å². The summed E-state index contributed by atoms with van der Waals surface area (Å²) in [7, 11) is 0. The molecule has 0 N–H and O–H groups in total. The number of hydrogen-bond acceptors (Lipinski definition) is 2. The third-order valence-electron chi connectivity index (χ3n) is 3.68. The largest absolute Gasteiger partial charge is 0.319 e. The van der Waals surface area contributed by atoms with E-state index in [1.165, 1.54) is 16.0 Å². The maximum Gasteiger partial charge on any atom is 0.125 e. The Kier molecular flexibility index (Phi) is 3.81. The molecule has 3 rings (SSSR count). The Morgan fingerprint density at radius 2 is 2.15 bits per heavy atom. The zero-order valence-corrected chi connectivity index (χ0v) is 13.2. The van der Waals surface area contributed by atoms with Crippen LogP contribution in [0.5, 0.6) is 0 Å². The number of para-hydroxylation sites is 1. The minimum Gasteiger partial charge on any atom is -0.319 e. The second-order valence-electron chi connectivity index (χ2n) is 4.91. The number of nitrogens with zero attached hydrogens (tertiary/aromatic N) is 2.